The quantitative estimate of drug-likeness (QED) is 0.774. The van der Waals surface area contributed by atoms with E-state index in [2.05, 4.69) is 5.32 Å². The van der Waals surface area contributed by atoms with Crippen LogP contribution in [0.5, 0.6) is 0 Å². The standard InChI is InChI=1S/C12H22N2O6S/c1-5-21(18,19)14-7-6-12(8-14,9(15)16)13-10(17)20-11(2,3)4/h5-8H2,1-4H3,(H,13,17)(H,15,16). The molecule has 0 aliphatic carbocycles. The van der Waals surface area contributed by atoms with Crippen LogP contribution in [0.1, 0.15) is 34.1 Å². The third-order valence-electron chi connectivity index (χ3n) is 3.14. The summed E-state index contributed by atoms with van der Waals surface area (Å²) in [4.78, 5) is 23.3. The molecule has 1 atom stereocenters. The van der Waals surface area contributed by atoms with Gasteiger partial charge in [-0.05, 0) is 34.1 Å². The van der Waals surface area contributed by atoms with Gasteiger partial charge in [0.1, 0.15) is 5.60 Å². The number of carboxylic acids is 1. The number of carbonyl (C=O) groups is 2. The Labute approximate surface area is 124 Å². The molecule has 1 fully saturated rings. The monoisotopic (exact) mass is 322 g/mol. The minimum absolute atomic E-state index is 0.000800. The Morgan fingerprint density at radius 3 is 2.38 bits per heavy atom. The van der Waals surface area contributed by atoms with E-state index in [9.17, 15) is 23.1 Å². The van der Waals surface area contributed by atoms with Crippen LogP contribution in [0.2, 0.25) is 0 Å². The summed E-state index contributed by atoms with van der Waals surface area (Å²) in [5, 5.41) is 11.7. The lowest BCUT2D eigenvalue weighted by Gasteiger charge is -2.28. The molecule has 0 aromatic carbocycles. The highest BCUT2D eigenvalue weighted by molar-refractivity contribution is 7.89. The van der Waals surface area contributed by atoms with Crippen LogP contribution in [0.15, 0.2) is 0 Å². The van der Waals surface area contributed by atoms with Crippen LogP contribution in [0.3, 0.4) is 0 Å². The number of hydrogen-bond acceptors (Lipinski definition) is 5. The van der Waals surface area contributed by atoms with E-state index in [1.807, 2.05) is 0 Å². The fourth-order valence-electron chi connectivity index (χ4n) is 2.02. The smallest absolute Gasteiger partial charge is 0.408 e. The minimum atomic E-state index is -3.50. The number of sulfonamides is 1. The molecule has 1 unspecified atom stereocenters. The summed E-state index contributed by atoms with van der Waals surface area (Å²) in [6, 6.07) is 0. The predicted octanol–water partition coefficient (Wildman–Crippen LogP) is 0.390. The van der Waals surface area contributed by atoms with Crippen LogP contribution in [-0.2, 0) is 19.6 Å². The van der Waals surface area contributed by atoms with Gasteiger partial charge in [0.05, 0.1) is 5.75 Å². The topological polar surface area (TPSA) is 113 Å². The van der Waals surface area contributed by atoms with Crippen molar-refractivity contribution in [2.24, 2.45) is 0 Å². The molecule has 8 nitrogen and oxygen atoms in total. The van der Waals surface area contributed by atoms with Crippen molar-refractivity contribution in [2.45, 2.75) is 45.3 Å². The summed E-state index contributed by atoms with van der Waals surface area (Å²) in [6.07, 6.45) is -0.874. The van der Waals surface area contributed by atoms with E-state index in [1.165, 1.54) is 6.92 Å². The first-order chi connectivity index (χ1) is 9.42. The number of hydrogen-bond donors (Lipinski definition) is 2. The van der Waals surface area contributed by atoms with Crippen molar-refractivity contribution >= 4 is 22.1 Å². The van der Waals surface area contributed by atoms with E-state index in [0.29, 0.717) is 0 Å². The van der Waals surface area contributed by atoms with Crippen molar-refractivity contribution < 1.29 is 27.9 Å². The SMILES string of the molecule is CCS(=O)(=O)N1CCC(NC(=O)OC(C)(C)C)(C(=O)O)C1. The number of aliphatic carboxylic acids is 1. The lowest BCUT2D eigenvalue weighted by molar-refractivity contribution is -0.144. The van der Waals surface area contributed by atoms with E-state index < -0.39 is 33.2 Å². The fourth-order valence-corrected chi connectivity index (χ4v) is 3.18. The normalized spacial score (nSPS) is 23.8. The molecule has 1 rings (SSSR count). The molecule has 0 aromatic rings. The molecule has 1 aliphatic heterocycles. The second-order valence-corrected chi connectivity index (χ2v) is 8.26. The second-order valence-electron chi connectivity index (χ2n) is 6.00. The molecule has 1 saturated heterocycles. The lowest BCUT2D eigenvalue weighted by Crippen LogP contribution is -2.57. The van der Waals surface area contributed by atoms with Gasteiger partial charge in [0.2, 0.25) is 10.0 Å². The van der Waals surface area contributed by atoms with Crippen LogP contribution >= 0.6 is 0 Å². The lowest BCUT2D eigenvalue weighted by atomic mass is 9.99. The Hall–Kier alpha value is -1.35. The van der Waals surface area contributed by atoms with Gasteiger partial charge in [0, 0.05) is 13.1 Å². The Morgan fingerprint density at radius 2 is 1.95 bits per heavy atom. The molecule has 0 saturated carbocycles. The molecule has 2 N–H and O–H groups in total. The third kappa shape index (κ3) is 4.31. The number of ether oxygens (including phenoxy) is 1. The summed E-state index contributed by atoms with van der Waals surface area (Å²) >= 11 is 0. The molecule has 0 aromatic heterocycles. The Bertz CT molecular complexity index is 524. The van der Waals surface area contributed by atoms with Gasteiger partial charge < -0.3 is 15.2 Å². The van der Waals surface area contributed by atoms with Gasteiger partial charge in [0.25, 0.3) is 0 Å². The van der Waals surface area contributed by atoms with Crippen LogP contribution in [0.25, 0.3) is 0 Å². The molecule has 1 amide bonds. The molecular formula is C12H22N2O6S. The molecule has 21 heavy (non-hydrogen) atoms. The van der Waals surface area contributed by atoms with E-state index in [1.54, 1.807) is 20.8 Å². The Morgan fingerprint density at radius 1 is 1.38 bits per heavy atom. The number of nitrogens with one attached hydrogen (secondary N) is 1. The number of nitrogens with zero attached hydrogens (tertiary/aromatic N) is 1. The van der Waals surface area contributed by atoms with Crippen molar-refractivity contribution in [3.63, 3.8) is 0 Å². The maximum absolute atomic E-state index is 11.8. The van der Waals surface area contributed by atoms with Crippen LogP contribution in [-0.4, -0.2) is 59.9 Å². The zero-order valence-corrected chi connectivity index (χ0v) is 13.5. The summed E-state index contributed by atoms with van der Waals surface area (Å²) in [7, 11) is -3.50. The van der Waals surface area contributed by atoms with Crippen LogP contribution < -0.4 is 5.32 Å². The summed E-state index contributed by atoms with van der Waals surface area (Å²) in [5.41, 5.74) is -2.41. The zero-order chi connectivity index (χ0) is 16.5. The van der Waals surface area contributed by atoms with Gasteiger partial charge >= 0.3 is 12.1 Å². The highest BCUT2D eigenvalue weighted by atomic mass is 32.2. The number of alkyl carbamates (subject to hydrolysis) is 1. The molecule has 1 aliphatic rings. The fraction of sp³-hybridized carbons (Fsp3) is 0.833. The first kappa shape index (κ1) is 17.7. The van der Waals surface area contributed by atoms with Gasteiger partial charge in [-0.3, -0.25) is 0 Å². The van der Waals surface area contributed by atoms with Crippen molar-refractivity contribution in [3.8, 4) is 0 Å². The maximum Gasteiger partial charge on any atom is 0.408 e. The minimum Gasteiger partial charge on any atom is -0.479 e. The molecule has 0 radical (unpaired) electrons. The van der Waals surface area contributed by atoms with Gasteiger partial charge in [-0.15, -0.1) is 0 Å². The first-order valence-electron chi connectivity index (χ1n) is 6.64. The molecule has 1 heterocycles. The Kier molecular flexibility index (Phi) is 4.89. The summed E-state index contributed by atoms with van der Waals surface area (Å²) in [6.45, 7) is 6.21. The molecule has 122 valence electrons. The highest BCUT2D eigenvalue weighted by Crippen LogP contribution is 2.25. The van der Waals surface area contributed by atoms with E-state index in [0.717, 1.165) is 4.31 Å². The number of amides is 1. The average Bonchev–Trinajstić information content (AvgIpc) is 2.72. The first-order valence-corrected chi connectivity index (χ1v) is 8.25. The van der Waals surface area contributed by atoms with Gasteiger partial charge in [-0.1, -0.05) is 0 Å². The second kappa shape index (κ2) is 5.80. The largest absolute Gasteiger partial charge is 0.479 e. The molecule has 0 spiro atoms. The van der Waals surface area contributed by atoms with Crippen molar-refractivity contribution in [1.29, 1.82) is 0 Å². The number of rotatable bonds is 4. The maximum atomic E-state index is 11.8. The highest BCUT2D eigenvalue weighted by Gasteiger charge is 2.49. The van der Waals surface area contributed by atoms with Crippen molar-refractivity contribution in [2.75, 3.05) is 18.8 Å². The average molecular weight is 322 g/mol. The van der Waals surface area contributed by atoms with Gasteiger partial charge in [-0.25, -0.2) is 18.0 Å². The molecular weight excluding hydrogens is 300 g/mol. The van der Waals surface area contributed by atoms with E-state index in [4.69, 9.17) is 4.74 Å². The number of carboxylic acid groups (broad SMARTS) is 1. The molecule has 0 bridgehead atoms. The van der Waals surface area contributed by atoms with Crippen LogP contribution in [0, 0.1) is 0 Å². The predicted molar refractivity (Wildman–Crippen MR) is 75.4 cm³/mol. The van der Waals surface area contributed by atoms with Gasteiger partial charge in [0.15, 0.2) is 5.54 Å². The van der Waals surface area contributed by atoms with Crippen molar-refractivity contribution in [3.05, 3.63) is 0 Å². The third-order valence-corrected chi connectivity index (χ3v) is 4.97. The summed E-state index contributed by atoms with van der Waals surface area (Å²) in [5.74, 6) is -1.39. The zero-order valence-electron chi connectivity index (χ0n) is 12.7. The van der Waals surface area contributed by atoms with Gasteiger partial charge in [-0.2, -0.15) is 4.31 Å². The number of carbonyl (C=O) groups excluding carboxylic acids is 1. The summed E-state index contributed by atoms with van der Waals surface area (Å²) < 4.78 is 29.8. The van der Waals surface area contributed by atoms with E-state index in [-0.39, 0.29) is 25.3 Å². The van der Waals surface area contributed by atoms with Crippen molar-refractivity contribution in [1.82, 2.24) is 9.62 Å². The Balaban J connectivity index is 2.89. The van der Waals surface area contributed by atoms with Crippen LogP contribution in [0.4, 0.5) is 4.79 Å². The van der Waals surface area contributed by atoms with E-state index >= 15 is 0 Å². The molecule has 9 heteroatoms.